The number of hydrogen-bond donors (Lipinski definition) is 5. The third kappa shape index (κ3) is 22.3. The average molecular weight is 1450 g/mol. The van der Waals surface area contributed by atoms with E-state index in [1.54, 1.807) is 72.3 Å². The van der Waals surface area contributed by atoms with Crippen molar-refractivity contribution in [1.82, 2.24) is 80.4 Å². The van der Waals surface area contributed by atoms with Crippen LogP contribution < -0.4 is 21.3 Å². The van der Waals surface area contributed by atoms with Gasteiger partial charge < -0.3 is 70.1 Å². The predicted molar refractivity (Wildman–Crippen MR) is 389 cm³/mol. The summed E-state index contributed by atoms with van der Waals surface area (Å²) in [7, 11) is 8.50. The van der Waals surface area contributed by atoms with Crippen LogP contribution in [-0.2, 0) is 68.8 Å². The van der Waals surface area contributed by atoms with E-state index in [-0.39, 0.29) is 44.1 Å². The third-order valence-electron chi connectivity index (χ3n) is 20.8. The number of likely N-dealkylation sites (N-methyl/N-ethyl adjacent to an activating group) is 6. The van der Waals surface area contributed by atoms with Crippen LogP contribution >= 0.6 is 0 Å². The van der Waals surface area contributed by atoms with E-state index in [9.17, 15) is 19.5 Å². The summed E-state index contributed by atoms with van der Waals surface area (Å²) in [6.07, 6.45) is 2.70. The molecule has 580 valence electrons. The minimum absolute atomic E-state index is 0.0324. The molecule has 3 saturated heterocycles. The molecule has 0 saturated carbocycles. The summed E-state index contributed by atoms with van der Waals surface area (Å²) >= 11 is 0. The van der Waals surface area contributed by atoms with Gasteiger partial charge in [0.25, 0.3) is 0 Å². The van der Waals surface area contributed by atoms with Crippen molar-refractivity contribution in [2.24, 2.45) is 29.6 Å². The molecule has 0 aromatic carbocycles. The Morgan fingerprint density at radius 1 is 0.573 bits per heavy atom. The lowest BCUT2D eigenvalue weighted by Gasteiger charge is -2.45. The Morgan fingerprint density at radius 3 is 1.77 bits per heavy atom. The summed E-state index contributed by atoms with van der Waals surface area (Å²) in [5.41, 5.74) is 1.30. The Kier molecular flexibility index (Phi) is 33.1. The largest absolute Gasteiger partial charge is 0.390 e. The van der Waals surface area contributed by atoms with Crippen LogP contribution in [0.15, 0.2) is 18.3 Å². The number of pyridine rings is 1. The first-order chi connectivity index (χ1) is 48.4. The van der Waals surface area contributed by atoms with E-state index in [4.69, 9.17) is 9.47 Å². The predicted octanol–water partition coefficient (Wildman–Crippen LogP) is 2.68. The fourth-order valence-corrected chi connectivity index (χ4v) is 14.3. The number of fused-ring (bicyclic) bond motifs is 4. The van der Waals surface area contributed by atoms with Crippen molar-refractivity contribution in [3.63, 3.8) is 0 Å². The van der Waals surface area contributed by atoms with Gasteiger partial charge in [-0.3, -0.25) is 57.6 Å². The number of morpholine rings is 1. The lowest BCUT2D eigenvalue weighted by atomic mass is 9.91. The minimum Gasteiger partial charge on any atom is -0.390 e. The topological polar surface area (TPSA) is 344 Å². The molecule has 5 rings (SSSR count). The molecule has 3 aliphatic rings. The molecule has 1 unspecified atom stereocenters. The number of rotatable bonds is 22. The van der Waals surface area contributed by atoms with Crippen molar-refractivity contribution < 1.29 is 67.3 Å². The molecule has 2 aromatic rings. The summed E-state index contributed by atoms with van der Waals surface area (Å²) in [4.78, 5) is 182. The van der Waals surface area contributed by atoms with E-state index in [0.717, 1.165) is 31.0 Å². The van der Waals surface area contributed by atoms with Gasteiger partial charge >= 0.3 is 0 Å². The first-order valence-corrected chi connectivity index (χ1v) is 37.3. The Morgan fingerprint density at radius 2 is 1.16 bits per heavy atom. The molecule has 2 bridgehead atoms. The molecular formula is C73H124N16O14. The Labute approximate surface area is 610 Å². The van der Waals surface area contributed by atoms with E-state index >= 15 is 38.4 Å². The number of unbranched alkanes of at least 4 members (excludes halogenated alkanes) is 3. The molecular weight excluding hydrogens is 1320 g/mol. The Hall–Kier alpha value is -7.44. The molecule has 5 heterocycles. The zero-order valence-electron chi connectivity index (χ0n) is 65.3. The number of ether oxygens (including phenoxy) is 2. The quantitative estimate of drug-likeness (QED) is 0.106. The first-order valence-electron chi connectivity index (χ1n) is 37.3. The van der Waals surface area contributed by atoms with Gasteiger partial charge in [-0.15, -0.1) is 5.10 Å². The number of aliphatic hydroxyl groups excluding tert-OH is 1. The number of carbonyl (C=O) groups is 11. The van der Waals surface area contributed by atoms with Gasteiger partial charge in [0, 0.05) is 80.8 Å². The van der Waals surface area contributed by atoms with Crippen molar-refractivity contribution in [1.29, 1.82) is 0 Å². The molecule has 0 radical (unpaired) electrons. The number of aryl methyl sites for hydroxylation is 1. The summed E-state index contributed by atoms with van der Waals surface area (Å²) in [5, 5.41) is 32.2. The normalized spacial score (nSPS) is 27.4. The van der Waals surface area contributed by atoms with Gasteiger partial charge in [-0.1, -0.05) is 87.3 Å². The molecule has 103 heavy (non-hydrogen) atoms. The SMILES string of the molecule is CC[C@@H]1NC(=O)[C@H]([C@H](O)[C@H](C)CCCCCn2nnc3cccnc32)NC(=O)[C@H](C(C)C)N(C)C(=O)[C@@H]2CC(C)N(C(=O)[C@H](C)NC(=O)[C@H](CC(C)C)N(C)C(=O)[C@H](C(C)C)NC(=O)[C@H]([C@@H](C)OCCCCN3CCOCC3)N(C)C(=O)[C@@H](C)N(C)C1=O)[C@H](C)C(=O)N(C)[C@@H](CC(C)C)C(=O)N2C. The first kappa shape index (κ1) is 86.2. The molecule has 3 fully saturated rings. The maximum absolute atomic E-state index is 15.7. The van der Waals surface area contributed by atoms with Crippen LogP contribution in [-0.4, -0.2) is 296 Å². The number of aromatic nitrogens is 4. The van der Waals surface area contributed by atoms with Crippen molar-refractivity contribution in [3.8, 4) is 0 Å². The molecule has 11 amide bonds. The second-order valence-electron chi connectivity index (χ2n) is 30.4. The van der Waals surface area contributed by atoms with E-state index in [2.05, 4.69) is 41.5 Å². The van der Waals surface area contributed by atoms with Crippen molar-refractivity contribution in [3.05, 3.63) is 18.3 Å². The summed E-state index contributed by atoms with van der Waals surface area (Å²) in [6.45, 7) is 29.8. The number of nitrogens with one attached hydrogen (secondary N) is 4. The number of amides is 11. The maximum Gasteiger partial charge on any atom is 0.246 e. The van der Waals surface area contributed by atoms with Gasteiger partial charge in [0.05, 0.1) is 25.4 Å². The minimum atomic E-state index is -1.75. The maximum atomic E-state index is 15.7. The second-order valence-corrected chi connectivity index (χ2v) is 30.4. The molecule has 0 spiro atoms. The Balaban J connectivity index is 1.65. The zero-order chi connectivity index (χ0) is 77.2. The third-order valence-corrected chi connectivity index (χ3v) is 20.8. The van der Waals surface area contributed by atoms with Gasteiger partial charge in [0.15, 0.2) is 5.65 Å². The molecule has 15 atom stereocenters. The van der Waals surface area contributed by atoms with Crippen molar-refractivity contribution in [2.45, 2.75) is 259 Å². The van der Waals surface area contributed by atoms with Crippen LogP contribution in [0.1, 0.15) is 168 Å². The van der Waals surface area contributed by atoms with E-state index in [0.29, 0.717) is 63.0 Å². The fourth-order valence-electron chi connectivity index (χ4n) is 14.3. The molecule has 2 aromatic heterocycles. The monoisotopic (exact) mass is 1450 g/mol. The second kappa shape index (κ2) is 39.6. The Bertz CT molecular complexity index is 3200. The molecule has 3 aliphatic heterocycles. The van der Waals surface area contributed by atoms with E-state index < -0.39 is 167 Å². The van der Waals surface area contributed by atoms with Gasteiger partial charge in [-0.25, -0.2) is 9.67 Å². The van der Waals surface area contributed by atoms with Crippen LogP contribution in [0.25, 0.3) is 11.2 Å². The molecule has 30 heteroatoms. The highest BCUT2D eigenvalue weighted by molar-refractivity contribution is 6.00. The lowest BCUT2D eigenvalue weighted by molar-refractivity contribution is -0.159. The molecule has 5 N–H and O–H groups in total. The van der Waals surface area contributed by atoms with Gasteiger partial charge in [0.1, 0.15) is 72.0 Å². The van der Waals surface area contributed by atoms with Gasteiger partial charge in [-0.2, -0.15) is 0 Å². The van der Waals surface area contributed by atoms with Crippen molar-refractivity contribution in [2.75, 3.05) is 81.7 Å². The summed E-state index contributed by atoms with van der Waals surface area (Å²) < 4.78 is 13.6. The van der Waals surface area contributed by atoms with E-state index in [1.165, 1.54) is 92.5 Å². The number of carbonyl (C=O) groups excluding carboxylic acids is 11. The van der Waals surface area contributed by atoms with Crippen LogP contribution in [0.4, 0.5) is 0 Å². The highest BCUT2D eigenvalue weighted by Crippen LogP contribution is 2.28. The zero-order valence-corrected chi connectivity index (χ0v) is 65.3. The van der Waals surface area contributed by atoms with Crippen molar-refractivity contribution >= 4 is 76.1 Å². The lowest BCUT2D eigenvalue weighted by Crippen LogP contribution is -2.65. The average Bonchev–Trinajstić information content (AvgIpc) is 1.38. The van der Waals surface area contributed by atoms with Crippen LogP contribution in [0.5, 0.6) is 0 Å². The van der Waals surface area contributed by atoms with Crippen LogP contribution in [0, 0.1) is 29.6 Å². The highest BCUT2D eigenvalue weighted by atomic mass is 16.5. The molecule has 0 aliphatic carbocycles. The summed E-state index contributed by atoms with van der Waals surface area (Å²) in [6, 6.07) is -12.3. The van der Waals surface area contributed by atoms with Gasteiger partial charge in [0.2, 0.25) is 65.0 Å². The summed E-state index contributed by atoms with van der Waals surface area (Å²) in [5.74, 6) is -10.3. The molecule has 30 nitrogen and oxygen atoms in total. The number of aliphatic hydroxyl groups is 1. The van der Waals surface area contributed by atoms with E-state index in [1.807, 2.05) is 33.8 Å². The standard InChI is InChI=1S/C73H124N16O14/c1-22-52-70(98)81(16)49(13)68(96)86(21)60(51(15)103-36-27-26-32-87-34-37-102-38-35-87)66(94)77-57(44(6)7)73(101)82(17)54(39-42(2)3)63(91)75-48(12)67(95)89-47(11)41-56(84(19)71(99)55(40-43(4)5)83(18)69(97)50(89)14)72(100)85(20)59(45(8)9)65(93)78-58(64(92)76-52)61(90)46(10)29-24-23-25-33-88-62-53(79-80-88)30-28-31-74-62/h28,30-31,42-52,54-61,90H,22-27,29,32-41H2,1-21H3,(H,75,91)(H,76,92)(H,77,94)(H,78,93)/t46-,47?,48+,49-,50-,51-,52+,54+,55+,56+,57+,58+,59+,60+,61-/m1/s1. The number of hydrogen-bond acceptors (Lipinski definition) is 18. The van der Waals surface area contributed by atoms with Crippen LogP contribution in [0.2, 0.25) is 0 Å². The van der Waals surface area contributed by atoms with Gasteiger partial charge in [-0.05, 0) is 134 Å². The highest BCUT2D eigenvalue weighted by Gasteiger charge is 2.48. The van der Waals surface area contributed by atoms with Crippen LogP contribution in [0.3, 0.4) is 0 Å². The smallest absolute Gasteiger partial charge is 0.246 e. The fraction of sp³-hybridized carbons (Fsp3) is 0.781. The number of nitrogens with zero attached hydrogens (tertiary/aromatic N) is 12.